The zero-order chi connectivity index (χ0) is 22.0. The van der Waals surface area contributed by atoms with Gasteiger partial charge in [0.1, 0.15) is 0 Å². The molecule has 0 aromatic heterocycles. The number of amides is 3. The maximum atomic E-state index is 13.0. The van der Waals surface area contributed by atoms with Gasteiger partial charge in [0, 0.05) is 36.9 Å². The smallest absolute Gasteiger partial charge is 0.326 e. The lowest BCUT2D eigenvalue weighted by atomic mass is 9.85. The molecule has 0 atom stereocenters. The maximum Gasteiger partial charge on any atom is 0.416 e. The van der Waals surface area contributed by atoms with Crippen LogP contribution in [0, 0.1) is 5.92 Å². The van der Waals surface area contributed by atoms with Crippen molar-refractivity contribution in [1.82, 2.24) is 4.90 Å². The average Bonchev–Trinajstić information content (AvgIpc) is 2.69. The SMILES string of the molecule is O=C(Nc1ccc(N2CCCN(Cc3cccc(C(F)(F)F)c3)C2=O)cc1)C1CCC1. The first-order valence-corrected chi connectivity index (χ1v) is 10.4. The fourth-order valence-corrected chi connectivity index (χ4v) is 3.87. The van der Waals surface area contributed by atoms with E-state index in [-0.39, 0.29) is 24.4 Å². The lowest BCUT2D eigenvalue weighted by Gasteiger charge is -2.36. The Kier molecular flexibility index (Phi) is 5.89. The number of carbonyl (C=O) groups excluding carboxylic acids is 2. The number of hydrogen-bond donors (Lipinski definition) is 1. The van der Waals surface area contributed by atoms with Gasteiger partial charge in [-0.3, -0.25) is 9.69 Å². The van der Waals surface area contributed by atoms with Crippen LogP contribution in [0.5, 0.6) is 0 Å². The minimum absolute atomic E-state index is 0.0281. The van der Waals surface area contributed by atoms with Crippen molar-refractivity contribution < 1.29 is 22.8 Å². The molecule has 0 spiro atoms. The molecular weight excluding hydrogens is 407 g/mol. The molecule has 5 nitrogen and oxygen atoms in total. The van der Waals surface area contributed by atoms with E-state index in [1.165, 1.54) is 6.07 Å². The molecular formula is C23H24F3N3O2. The Balaban J connectivity index is 1.42. The predicted octanol–water partition coefficient (Wildman–Crippen LogP) is 5.28. The maximum absolute atomic E-state index is 13.0. The van der Waals surface area contributed by atoms with Gasteiger partial charge in [-0.05, 0) is 61.2 Å². The summed E-state index contributed by atoms with van der Waals surface area (Å²) >= 11 is 0. The molecule has 0 unspecified atom stereocenters. The van der Waals surface area contributed by atoms with Crippen molar-refractivity contribution in [1.29, 1.82) is 0 Å². The zero-order valence-electron chi connectivity index (χ0n) is 17.0. The van der Waals surface area contributed by atoms with Gasteiger partial charge in [-0.1, -0.05) is 18.6 Å². The molecule has 1 saturated heterocycles. The number of nitrogens with one attached hydrogen (secondary N) is 1. The monoisotopic (exact) mass is 431 g/mol. The van der Waals surface area contributed by atoms with E-state index in [0.29, 0.717) is 36.4 Å². The van der Waals surface area contributed by atoms with E-state index < -0.39 is 11.7 Å². The minimum Gasteiger partial charge on any atom is -0.326 e. The molecule has 31 heavy (non-hydrogen) atoms. The first kappa shape index (κ1) is 21.2. The molecule has 0 radical (unpaired) electrons. The van der Waals surface area contributed by atoms with E-state index in [9.17, 15) is 22.8 Å². The first-order chi connectivity index (χ1) is 14.8. The minimum atomic E-state index is -4.41. The number of halogens is 3. The van der Waals surface area contributed by atoms with Crippen LogP contribution in [-0.4, -0.2) is 29.9 Å². The highest BCUT2D eigenvalue weighted by Gasteiger charge is 2.31. The van der Waals surface area contributed by atoms with Crippen molar-refractivity contribution in [2.24, 2.45) is 5.92 Å². The molecule has 8 heteroatoms. The fourth-order valence-electron chi connectivity index (χ4n) is 3.87. The second kappa shape index (κ2) is 8.61. The molecule has 0 bridgehead atoms. The number of benzene rings is 2. The summed E-state index contributed by atoms with van der Waals surface area (Å²) in [5, 5.41) is 2.90. The van der Waals surface area contributed by atoms with Gasteiger partial charge in [-0.25, -0.2) is 4.79 Å². The average molecular weight is 431 g/mol. The lowest BCUT2D eigenvalue weighted by Crippen LogP contribution is -2.49. The Hall–Kier alpha value is -3.03. The zero-order valence-corrected chi connectivity index (χ0v) is 17.0. The summed E-state index contributed by atoms with van der Waals surface area (Å²) < 4.78 is 38.9. The van der Waals surface area contributed by atoms with Crippen LogP contribution in [-0.2, 0) is 17.5 Å². The second-order valence-corrected chi connectivity index (χ2v) is 8.07. The molecule has 3 amide bonds. The third-order valence-corrected chi connectivity index (χ3v) is 5.86. The molecule has 2 fully saturated rings. The third kappa shape index (κ3) is 4.84. The molecule has 1 N–H and O–H groups in total. The summed E-state index contributed by atoms with van der Waals surface area (Å²) in [6.45, 7) is 1.14. The van der Waals surface area contributed by atoms with Crippen molar-refractivity contribution in [2.45, 2.75) is 38.4 Å². The predicted molar refractivity (Wildman–Crippen MR) is 112 cm³/mol. The van der Waals surface area contributed by atoms with Crippen LogP contribution in [0.25, 0.3) is 0 Å². The van der Waals surface area contributed by atoms with Crippen molar-refractivity contribution in [3.63, 3.8) is 0 Å². The van der Waals surface area contributed by atoms with Gasteiger partial charge in [-0.15, -0.1) is 0 Å². The highest BCUT2D eigenvalue weighted by Crippen LogP contribution is 2.31. The van der Waals surface area contributed by atoms with Crippen LogP contribution in [0.15, 0.2) is 48.5 Å². The van der Waals surface area contributed by atoms with Crippen LogP contribution in [0.4, 0.5) is 29.3 Å². The largest absolute Gasteiger partial charge is 0.416 e. The number of urea groups is 1. The Morgan fingerprint density at radius 1 is 1.03 bits per heavy atom. The van der Waals surface area contributed by atoms with Crippen LogP contribution >= 0.6 is 0 Å². The summed E-state index contributed by atoms with van der Waals surface area (Å²) in [7, 11) is 0. The van der Waals surface area contributed by atoms with Crippen LogP contribution in [0.2, 0.25) is 0 Å². The summed E-state index contributed by atoms with van der Waals surface area (Å²) in [6, 6.07) is 11.9. The number of alkyl halides is 3. The van der Waals surface area contributed by atoms with Crippen molar-refractivity contribution in [3.8, 4) is 0 Å². The highest BCUT2D eigenvalue weighted by atomic mass is 19.4. The third-order valence-electron chi connectivity index (χ3n) is 5.86. The van der Waals surface area contributed by atoms with E-state index in [1.54, 1.807) is 40.1 Å². The van der Waals surface area contributed by atoms with Crippen LogP contribution in [0.1, 0.15) is 36.8 Å². The molecule has 1 aliphatic heterocycles. The van der Waals surface area contributed by atoms with Gasteiger partial charge >= 0.3 is 12.2 Å². The molecule has 2 aromatic carbocycles. The van der Waals surface area contributed by atoms with Crippen molar-refractivity contribution in [2.75, 3.05) is 23.3 Å². The number of rotatable bonds is 5. The topological polar surface area (TPSA) is 52.7 Å². The Bertz CT molecular complexity index is 955. The molecule has 1 aliphatic carbocycles. The standard InChI is InChI=1S/C23H24F3N3O2/c24-23(25,26)18-7-1-4-16(14-18)15-28-12-3-13-29(22(28)31)20-10-8-19(9-11-20)27-21(30)17-5-2-6-17/h1,4,7-11,14,17H,2-3,5-6,12-13,15H2,(H,27,30). The molecule has 2 aromatic rings. The second-order valence-electron chi connectivity index (χ2n) is 8.07. The summed E-state index contributed by atoms with van der Waals surface area (Å²) in [5.41, 5.74) is 1.11. The highest BCUT2D eigenvalue weighted by molar-refractivity contribution is 5.95. The number of carbonyl (C=O) groups is 2. The van der Waals surface area contributed by atoms with E-state index in [0.717, 1.165) is 31.4 Å². The Morgan fingerprint density at radius 2 is 1.77 bits per heavy atom. The van der Waals surface area contributed by atoms with E-state index >= 15 is 0 Å². The first-order valence-electron chi connectivity index (χ1n) is 10.4. The van der Waals surface area contributed by atoms with Gasteiger partial charge < -0.3 is 10.2 Å². The summed E-state index contributed by atoms with van der Waals surface area (Å²) in [5.74, 6) is 0.119. The Labute approximate surface area is 178 Å². The van der Waals surface area contributed by atoms with Gasteiger partial charge in [0.05, 0.1) is 5.56 Å². The normalized spacial score (nSPS) is 17.5. The van der Waals surface area contributed by atoms with Gasteiger partial charge in [-0.2, -0.15) is 13.2 Å². The van der Waals surface area contributed by atoms with Crippen molar-refractivity contribution >= 4 is 23.3 Å². The quantitative estimate of drug-likeness (QED) is 0.701. The summed E-state index contributed by atoms with van der Waals surface area (Å²) in [4.78, 5) is 28.2. The molecule has 1 saturated carbocycles. The van der Waals surface area contributed by atoms with Crippen molar-refractivity contribution in [3.05, 3.63) is 59.7 Å². The van der Waals surface area contributed by atoms with Crippen LogP contribution < -0.4 is 10.2 Å². The molecule has 4 rings (SSSR count). The Morgan fingerprint density at radius 3 is 2.42 bits per heavy atom. The number of nitrogens with zero attached hydrogens (tertiary/aromatic N) is 2. The lowest BCUT2D eigenvalue weighted by molar-refractivity contribution is -0.137. The van der Waals surface area contributed by atoms with E-state index in [1.807, 2.05) is 0 Å². The van der Waals surface area contributed by atoms with Crippen LogP contribution in [0.3, 0.4) is 0 Å². The van der Waals surface area contributed by atoms with E-state index in [4.69, 9.17) is 0 Å². The van der Waals surface area contributed by atoms with Gasteiger partial charge in [0.25, 0.3) is 0 Å². The summed E-state index contributed by atoms with van der Waals surface area (Å²) in [6.07, 6.45) is -0.762. The van der Waals surface area contributed by atoms with Gasteiger partial charge in [0.15, 0.2) is 0 Å². The molecule has 164 valence electrons. The van der Waals surface area contributed by atoms with E-state index in [2.05, 4.69) is 5.32 Å². The van der Waals surface area contributed by atoms with Gasteiger partial charge in [0.2, 0.25) is 5.91 Å². The fraction of sp³-hybridized carbons (Fsp3) is 0.391. The number of hydrogen-bond acceptors (Lipinski definition) is 2. The number of anilines is 2. The molecule has 1 heterocycles. The molecule has 2 aliphatic rings.